The summed E-state index contributed by atoms with van der Waals surface area (Å²) in [6, 6.07) is 4.15. The molecule has 2 saturated heterocycles. The van der Waals surface area contributed by atoms with Crippen LogP contribution < -0.4 is 10.2 Å². The summed E-state index contributed by atoms with van der Waals surface area (Å²) in [5, 5.41) is 3.52. The summed E-state index contributed by atoms with van der Waals surface area (Å²) < 4.78 is 26.8. The van der Waals surface area contributed by atoms with Gasteiger partial charge in [-0.25, -0.2) is 8.78 Å². The first-order valence-electron chi connectivity index (χ1n) is 9.17. The van der Waals surface area contributed by atoms with Gasteiger partial charge < -0.3 is 15.1 Å². The lowest BCUT2D eigenvalue weighted by Gasteiger charge is -2.39. The molecular formula is C19H28F2N4S. The van der Waals surface area contributed by atoms with Crippen molar-refractivity contribution in [2.45, 2.75) is 25.0 Å². The zero-order valence-electron chi connectivity index (χ0n) is 15.8. The molecule has 0 amide bonds. The molecule has 1 N–H and O–H groups in total. The highest BCUT2D eigenvalue weighted by atomic mass is 32.2. The van der Waals surface area contributed by atoms with Gasteiger partial charge in [0.25, 0.3) is 0 Å². The molecule has 1 aromatic rings. The lowest BCUT2D eigenvalue weighted by molar-refractivity contribution is 0.372. The Hall–Kier alpha value is -1.50. The zero-order chi connectivity index (χ0) is 18.7. The Balaban J connectivity index is 1.52. The number of hydrogen-bond acceptors (Lipinski definition) is 3. The van der Waals surface area contributed by atoms with E-state index in [9.17, 15) is 8.78 Å². The van der Waals surface area contributed by atoms with Crippen molar-refractivity contribution < 1.29 is 8.78 Å². The maximum Gasteiger partial charge on any atom is 0.193 e. The van der Waals surface area contributed by atoms with Gasteiger partial charge in [0.05, 0.1) is 0 Å². The quantitative estimate of drug-likeness (QED) is 0.643. The van der Waals surface area contributed by atoms with Crippen LogP contribution in [0.2, 0.25) is 0 Å². The molecule has 2 aliphatic heterocycles. The molecule has 26 heavy (non-hydrogen) atoms. The Labute approximate surface area is 159 Å². The first kappa shape index (κ1) is 19.3. The topological polar surface area (TPSA) is 30.9 Å². The van der Waals surface area contributed by atoms with Gasteiger partial charge in [0, 0.05) is 62.0 Å². The molecule has 7 heteroatoms. The predicted molar refractivity (Wildman–Crippen MR) is 106 cm³/mol. The van der Waals surface area contributed by atoms with Crippen molar-refractivity contribution in [1.82, 2.24) is 10.2 Å². The van der Waals surface area contributed by atoms with Gasteiger partial charge in [0.15, 0.2) is 17.6 Å². The molecule has 4 nitrogen and oxygen atoms in total. The van der Waals surface area contributed by atoms with Crippen molar-refractivity contribution in [2.75, 3.05) is 50.4 Å². The van der Waals surface area contributed by atoms with Crippen LogP contribution in [0, 0.1) is 17.6 Å². The van der Waals surface area contributed by atoms with Crippen LogP contribution in [-0.4, -0.2) is 61.1 Å². The van der Waals surface area contributed by atoms with Gasteiger partial charge in [-0.3, -0.25) is 4.99 Å². The highest BCUT2D eigenvalue weighted by molar-refractivity contribution is 8.00. The lowest BCUT2D eigenvalue weighted by atomic mass is 10.1. The van der Waals surface area contributed by atoms with E-state index < -0.39 is 11.6 Å². The molecule has 0 saturated carbocycles. The number of nitrogens with zero attached hydrogens (tertiary/aromatic N) is 3. The summed E-state index contributed by atoms with van der Waals surface area (Å²) in [7, 11) is 1.83. The zero-order valence-corrected chi connectivity index (χ0v) is 16.6. The van der Waals surface area contributed by atoms with E-state index in [0.717, 1.165) is 56.5 Å². The third-order valence-corrected chi connectivity index (χ3v) is 6.34. The number of anilines is 1. The predicted octanol–water partition coefficient (Wildman–Crippen LogP) is 3.19. The van der Waals surface area contributed by atoms with Crippen LogP contribution in [0.25, 0.3) is 0 Å². The van der Waals surface area contributed by atoms with Crippen LogP contribution in [0.15, 0.2) is 23.2 Å². The number of nitrogens with one attached hydrogen (secondary N) is 1. The molecule has 0 spiro atoms. The Morgan fingerprint density at radius 3 is 2.81 bits per heavy atom. The van der Waals surface area contributed by atoms with Gasteiger partial charge in [-0.1, -0.05) is 0 Å². The molecule has 0 aromatic heterocycles. The van der Waals surface area contributed by atoms with Crippen molar-refractivity contribution >= 4 is 23.4 Å². The van der Waals surface area contributed by atoms with E-state index in [-0.39, 0.29) is 4.75 Å². The first-order chi connectivity index (χ1) is 12.4. The van der Waals surface area contributed by atoms with Crippen molar-refractivity contribution in [3.05, 3.63) is 29.8 Å². The summed E-state index contributed by atoms with van der Waals surface area (Å²) in [5.41, 5.74) is 0.755. The average Bonchev–Trinajstić information content (AvgIpc) is 3.06. The highest BCUT2D eigenvalue weighted by Gasteiger charge is 2.29. The third-order valence-electron chi connectivity index (χ3n) is 5.04. The molecule has 1 atom stereocenters. The van der Waals surface area contributed by atoms with Gasteiger partial charge in [-0.05, 0) is 38.3 Å². The Morgan fingerprint density at radius 1 is 1.31 bits per heavy atom. The standard InChI is InChI=1S/C19H28F2N4S/c1-19(2)13-25(8-9-26-19)18(22-3)23-11-14-6-7-24(12-14)15-4-5-16(20)17(21)10-15/h4-5,10,14H,6-9,11-13H2,1-3H3,(H,22,23). The largest absolute Gasteiger partial charge is 0.371 e. The lowest BCUT2D eigenvalue weighted by Crippen LogP contribution is -2.51. The minimum absolute atomic E-state index is 0.243. The summed E-state index contributed by atoms with van der Waals surface area (Å²) in [6.45, 7) is 9.10. The average molecular weight is 383 g/mol. The van der Waals surface area contributed by atoms with Gasteiger partial charge >= 0.3 is 0 Å². The van der Waals surface area contributed by atoms with E-state index in [2.05, 4.69) is 34.0 Å². The number of benzene rings is 1. The van der Waals surface area contributed by atoms with Crippen molar-refractivity contribution in [3.8, 4) is 0 Å². The van der Waals surface area contributed by atoms with Crippen LogP contribution in [-0.2, 0) is 0 Å². The van der Waals surface area contributed by atoms with Crippen LogP contribution in [0.5, 0.6) is 0 Å². The second kappa shape index (κ2) is 8.03. The van der Waals surface area contributed by atoms with E-state index >= 15 is 0 Å². The molecule has 0 aliphatic carbocycles. The molecule has 3 rings (SSSR count). The SMILES string of the molecule is CN=C(NCC1CCN(c2ccc(F)c(F)c2)C1)N1CCSC(C)(C)C1. The fraction of sp³-hybridized carbons (Fsp3) is 0.632. The summed E-state index contributed by atoms with van der Waals surface area (Å²) in [6.07, 6.45) is 1.03. The fourth-order valence-corrected chi connectivity index (χ4v) is 4.79. The number of aliphatic imine (C=N–C) groups is 1. The molecule has 2 aliphatic rings. The van der Waals surface area contributed by atoms with E-state index in [1.54, 1.807) is 6.07 Å². The second-order valence-corrected chi connectivity index (χ2v) is 9.46. The third kappa shape index (κ3) is 4.61. The minimum atomic E-state index is -0.794. The summed E-state index contributed by atoms with van der Waals surface area (Å²) >= 11 is 2.01. The van der Waals surface area contributed by atoms with Crippen LogP contribution >= 0.6 is 11.8 Å². The second-order valence-electron chi connectivity index (χ2n) is 7.66. The summed E-state index contributed by atoms with van der Waals surface area (Å²) in [4.78, 5) is 8.91. The van der Waals surface area contributed by atoms with Crippen molar-refractivity contribution in [3.63, 3.8) is 0 Å². The molecule has 0 bridgehead atoms. The normalized spacial score (nSPS) is 23.4. The first-order valence-corrected chi connectivity index (χ1v) is 10.2. The van der Waals surface area contributed by atoms with Crippen LogP contribution in [0.1, 0.15) is 20.3 Å². The Kier molecular flexibility index (Phi) is 5.95. The Bertz CT molecular complexity index is 665. The van der Waals surface area contributed by atoms with E-state index in [1.165, 1.54) is 12.1 Å². The molecule has 1 aromatic carbocycles. The van der Waals surface area contributed by atoms with Crippen molar-refractivity contribution in [2.24, 2.45) is 10.9 Å². The highest BCUT2D eigenvalue weighted by Crippen LogP contribution is 2.29. The molecule has 0 radical (unpaired) electrons. The fourth-order valence-electron chi connectivity index (χ4n) is 3.68. The van der Waals surface area contributed by atoms with Crippen LogP contribution in [0.4, 0.5) is 14.5 Å². The minimum Gasteiger partial charge on any atom is -0.371 e. The van der Waals surface area contributed by atoms with Gasteiger partial charge in [0.2, 0.25) is 0 Å². The van der Waals surface area contributed by atoms with Crippen LogP contribution in [0.3, 0.4) is 0 Å². The molecule has 1 unspecified atom stereocenters. The van der Waals surface area contributed by atoms with E-state index in [0.29, 0.717) is 5.92 Å². The number of rotatable bonds is 3. The number of hydrogen-bond donors (Lipinski definition) is 1. The Morgan fingerprint density at radius 2 is 2.12 bits per heavy atom. The number of halogens is 2. The molecule has 144 valence electrons. The smallest absolute Gasteiger partial charge is 0.193 e. The van der Waals surface area contributed by atoms with Gasteiger partial charge in [0.1, 0.15) is 0 Å². The van der Waals surface area contributed by atoms with Gasteiger partial charge in [-0.15, -0.1) is 0 Å². The molecule has 2 heterocycles. The molecular weight excluding hydrogens is 354 g/mol. The molecule has 2 fully saturated rings. The van der Waals surface area contributed by atoms with Crippen molar-refractivity contribution in [1.29, 1.82) is 0 Å². The number of guanidine groups is 1. The number of thioether (sulfide) groups is 1. The summed E-state index contributed by atoms with van der Waals surface area (Å²) in [5.74, 6) is 0.963. The van der Waals surface area contributed by atoms with E-state index in [4.69, 9.17) is 0 Å². The van der Waals surface area contributed by atoms with Gasteiger partial charge in [-0.2, -0.15) is 11.8 Å². The monoisotopic (exact) mass is 382 g/mol. The maximum absolute atomic E-state index is 13.5. The maximum atomic E-state index is 13.5. The van der Waals surface area contributed by atoms with E-state index in [1.807, 2.05) is 18.8 Å².